The number of rotatable bonds is 8. The summed E-state index contributed by atoms with van der Waals surface area (Å²) in [7, 11) is 1.33. The summed E-state index contributed by atoms with van der Waals surface area (Å²) in [5.74, 6) is 0.645. The third-order valence-corrected chi connectivity index (χ3v) is 2.67. The van der Waals surface area contributed by atoms with E-state index < -0.39 is 37.4 Å². The van der Waals surface area contributed by atoms with Crippen molar-refractivity contribution in [2.45, 2.75) is 18.4 Å². The number of nitrogens with two attached hydrogens (primary N) is 1. The van der Waals surface area contributed by atoms with Gasteiger partial charge in [0.25, 0.3) is 0 Å². The molecule has 0 aromatic heterocycles. The first kappa shape index (κ1) is 17.6. The minimum atomic E-state index is -4.26. The fourth-order valence-corrected chi connectivity index (χ4v) is 1.58. The van der Waals surface area contributed by atoms with Crippen molar-refractivity contribution in [2.24, 2.45) is 5.84 Å². The summed E-state index contributed by atoms with van der Waals surface area (Å²) < 4.78 is 72.1. The van der Waals surface area contributed by atoms with Crippen LogP contribution >= 0.6 is 0 Å². The summed E-state index contributed by atoms with van der Waals surface area (Å²) in [6.07, 6.45) is -3.83. The van der Waals surface area contributed by atoms with Crippen molar-refractivity contribution in [3.8, 4) is 5.75 Å². The maximum absolute atomic E-state index is 13.2. The standard InChI is InChI=1S/C12H15F5N2O2/c1-20-10-3-2-7(13)4-8(10)9(19-18)5-21-6-12(16,17)11(14)15/h2-4,9,11,19H,5-6,18H2,1H3. The highest BCUT2D eigenvalue weighted by Gasteiger charge is 2.41. The van der Waals surface area contributed by atoms with Crippen LogP contribution in [0.3, 0.4) is 0 Å². The van der Waals surface area contributed by atoms with Gasteiger partial charge in [-0.25, -0.2) is 13.2 Å². The van der Waals surface area contributed by atoms with Crippen LogP contribution in [-0.2, 0) is 4.74 Å². The number of hydrazine groups is 1. The summed E-state index contributed by atoms with van der Waals surface area (Å²) >= 11 is 0. The van der Waals surface area contributed by atoms with Gasteiger partial charge < -0.3 is 9.47 Å². The fourth-order valence-electron chi connectivity index (χ4n) is 1.58. The quantitative estimate of drug-likeness (QED) is 0.439. The topological polar surface area (TPSA) is 56.5 Å². The Balaban J connectivity index is 2.74. The highest BCUT2D eigenvalue weighted by Crippen LogP contribution is 2.27. The van der Waals surface area contributed by atoms with E-state index in [1.807, 2.05) is 0 Å². The van der Waals surface area contributed by atoms with Crippen molar-refractivity contribution in [3.05, 3.63) is 29.6 Å². The van der Waals surface area contributed by atoms with E-state index in [4.69, 9.17) is 10.6 Å². The van der Waals surface area contributed by atoms with E-state index in [9.17, 15) is 22.0 Å². The molecular formula is C12H15F5N2O2. The van der Waals surface area contributed by atoms with Crippen LogP contribution in [0.15, 0.2) is 18.2 Å². The molecule has 0 amide bonds. The van der Waals surface area contributed by atoms with Gasteiger partial charge in [0.2, 0.25) is 0 Å². The van der Waals surface area contributed by atoms with Gasteiger partial charge in [-0.3, -0.25) is 11.3 Å². The largest absolute Gasteiger partial charge is 0.496 e. The number of methoxy groups -OCH3 is 1. The van der Waals surface area contributed by atoms with Crippen LogP contribution in [0.5, 0.6) is 5.75 Å². The molecule has 0 spiro atoms. The molecular weight excluding hydrogens is 299 g/mol. The number of benzene rings is 1. The molecule has 0 radical (unpaired) electrons. The molecule has 21 heavy (non-hydrogen) atoms. The Morgan fingerprint density at radius 3 is 2.52 bits per heavy atom. The average molecular weight is 314 g/mol. The lowest BCUT2D eigenvalue weighted by molar-refractivity contribution is -0.167. The third kappa shape index (κ3) is 4.80. The molecule has 4 nitrogen and oxygen atoms in total. The molecule has 0 bridgehead atoms. The van der Waals surface area contributed by atoms with Crippen LogP contribution in [0, 0.1) is 5.82 Å². The summed E-state index contributed by atoms with van der Waals surface area (Å²) in [6.45, 7) is -1.93. The predicted molar refractivity (Wildman–Crippen MR) is 64.8 cm³/mol. The SMILES string of the molecule is COc1ccc(F)cc1C(COCC(F)(F)C(F)F)NN. The Morgan fingerprint density at radius 2 is 2.00 bits per heavy atom. The van der Waals surface area contributed by atoms with Crippen LogP contribution in [0.2, 0.25) is 0 Å². The van der Waals surface area contributed by atoms with E-state index in [1.165, 1.54) is 13.2 Å². The summed E-state index contributed by atoms with van der Waals surface area (Å²) in [5.41, 5.74) is 2.45. The molecule has 0 aliphatic rings. The highest BCUT2D eigenvalue weighted by molar-refractivity contribution is 5.36. The number of nitrogens with one attached hydrogen (secondary N) is 1. The van der Waals surface area contributed by atoms with Gasteiger partial charge in [0.1, 0.15) is 18.2 Å². The Hall–Kier alpha value is -1.45. The van der Waals surface area contributed by atoms with Gasteiger partial charge in [0.05, 0.1) is 19.8 Å². The molecule has 120 valence electrons. The zero-order chi connectivity index (χ0) is 16.0. The maximum Gasteiger partial charge on any atom is 0.330 e. The smallest absolute Gasteiger partial charge is 0.330 e. The van der Waals surface area contributed by atoms with Crippen LogP contribution in [0.1, 0.15) is 11.6 Å². The molecule has 9 heteroatoms. The summed E-state index contributed by atoms with van der Waals surface area (Å²) in [4.78, 5) is 0. The van der Waals surface area contributed by atoms with Crippen LogP contribution in [-0.4, -0.2) is 32.7 Å². The molecule has 3 N–H and O–H groups in total. The van der Waals surface area contributed by atoms with Gasteiger partial charge in [0, 0.05) is 5.56 Å². The second-order valence-electron chi connectivity index (χ2n) is 4.18. The van der Waals surface area contributed by atoms with E-state index in [-0.39, 0.29) is 11.3 Å². The summed E-state index contributed by atoms with van der Waals surface area (Å²) in [6, 6.07) is 2.65. The van der Waals surface area contributed by atoms with E-state index in [2.05, 4.69) is 10.2 Å². The molecule has 1 unspecified atom stereocenters. The molecule has 1 atom stereocenters. The monoisotopic (exact) mass is 314 g/mol. The first-order valence-corrected chi connectivity index (χ1v) is 5.85. The lowest BCUT2D eigenvalue weighted by atomic mass is 10.1. The van der Waals surface area contributed by atoms with Gasteiger partial charge in [-0.2, -0.15) is 8.78 Å². The van der Waals surface area contributed by atoms with Gasteiger partial charge in [0.15, 0.2) is 0 Å². The minimum Gasteiger partial charge on any atom is -0.496 e. The van der Waals surface area contributed by atoms with E-state index in [0.29, 0.717) is 0 Å². The molecule has 0 aliphatic carbocycles. The predicted octanol–water partition coefficient (Wildman–Crippen LogP) is 2.26. The third-order valence-electron chi connectivity index (χ3n) is 2.67. The number of alkyl halides is 4. The Labute approximate surface area is 118 Å². The maximum atomic E-state index is 13.2. The first-order valence-electron chi connectivity index (χ1n) is 5.85. The molecule has 0 fully saturated rings. The van der Waals surface area contributed by atoms with E-state index >= 15 is 0 Å². The number of halogens is 5. The highest BCUT2D eigenvalue weighted by atomic mass is 19.3. The minimum absolute atomic E-state index is 0.223. The molecule has 0 saturated carbocycles. The van der Waals surface area contributed by atoms with E-state index in [1.54, 1.807) is 0 Å². The Morgan fingerprint density at radius 1 is 1.33 bits per heavy atom. The van der Waals surface area contributed by atoms with Crippen molar-refractivity contribution in [3.63, 3.8) is 0 Å². The normalized spacial score (nSPS) is 13.5. The molecule has 1 aromatic carbocycles. The van der Waals surface area contributed by atoms with Crippen LogP contribution in [0.4, 0.5) is 22.0 Å². The van der Waals surface area contributed by atoms with E-state index in [0.717, 1.165) is 12.1 Å². The van der Waals surface area contributed by atoms with Crippen LogP contribution in [0.25, 0.3) is 0 Å². The van der Waals surface area contributed by atoms with Crippen molar-refractivity contribution >= 4 is 0 Å². The number of ether oxygens (including phenoxy) is 2. The van der Waals surface area contributed by atoms with Crippen LogP contribution < -0.4 is 16.0 Å². The molecule has 0 saturated heterocycles. The lowest BCUT2D eigenvalue weighted by Gasteiger charge is -2.21. The zero-order valence-corrected chi connectivity index (χ0v) is 11.1. The first-order chi connectivity index (χ1) is 9.81. The number of hydrogen-bond acceptors (Lipinski definition) is 4. The lowest BCUT2D eigenvalue weighted by Crippen LogP contribution is -2.36. The molecule has 0 aliphatic heterocycles. The number of hydrogen-bond donors (Lipinski definition) is 2. The second kappa shape index (κ2) is 7.53. The van der Waals surface area contributed by atoms with Gasteiger partial charge in [-0.1, -0.05) is 0 Å². The molecule has 1 aromatic rings. The molecule has 1 rings (SSSR count). The molecule has 0 heterocycles. The fraction of sp³-hybridized carbons (Fsp3) is 0.500. The van der Waals surface area contributed by atoms with Crippen molar-refractivity contribution in [1.29, 1.82) is 0 Å². The van der Waals surface area contributed by atoms with Crippen molar-refractivity contribution < 1.29 is 31.4 Å². The van der Waals surface area contributed by atoms with Crippen molar-refractivity contribution in [2.75, 3.05) is 20.3 Å². The Bertz CT molecular complexity index is 459. The second-order valence-corrected chi connectivity index (χ2v) is 4.18. The summed E-state index contributed by atoms with van der Waals surface area (Å²) in [5, 5.41) is 0. The Kier molecular flexibility index (Phi) is 6.31. The zero-order valence-electron chi connectivity index (χ0n) is 11.1. The average Bonchev–Trinajstić information content (AvgIpc) is 2.43. The van der Waals surface area contributed by atoms with Gasteiger partial charge in [-0.15, -0.1) is 0 Å². The van der Waals surface area contributed by atoms with Gasteiger partial charge in [-0.05, 0) is 18.2 Å². The van der Waals surface area contributed by atoms with Crippen molar-refractivity contribution in [1.82, 2.24) is 5.43 Å². The van der Waals surface area contributed by atoms with Gasteiger partial charge >= 0.3 is 12.3 Å².